The Kier molecular flexibility index (Phi) is 8.10. The minimum atomic E-state index is -0.189. The Bertz CT molecular complexity index is 1140. The Hall–Kier alpha value is -2.22. The maximum Gasteiger partial charge on any atom is 0.229 e. The van der Waals surface area contributed by atoms with E-state index in [1.807, 2.05) is 12.1 Å². The third-order valence-electron chi connectivity index (χ3n) is 9.74. The molecule has 2 amide bonds. The number of hydrogen-bond acceptors (Lipinski definition) is 4. The summed E-state index contributed by atoms with van der Waals surface area (Å²) in [4.78, 5) is 33.7. The Morgan fingerprint density at radius 3 is 2.33 bits per heavy atom. The van der Waals surface area contributed by atoms with Gasteiger partial charge in [-0.15, -0.1) is 0 Å². The molecule has 4 saturated heterocycles. The lowest BCUT2D eigenvalue weighted by Gasteiger charge is -2.39. The summed E-state index contributed by atoms with van der Waals surface area (Å²) in [6.45, 7) is 7.52. The Morgan fingerprint density at radius 2 is 1.62 bits per heavy atom. The molecule has 2 aromatic carbocycles. The fraction of sp³-hybridized carbons (Fsp3) is 0.562. The van der Waals surface area contributed by atoms with E-state index in [4.69, 9.17) is 4.74 Å². The van der Waals surface area contributed by atoms with Gasteiger partial charge in [0.15, 0.2) is 0 Å². The molecule has 0 bridgehead atoms. The van der Waals surface area contributed by atoms with E-state index < -0.39 is 0 Å². The van der Waals surface area contributed by atoms with Crippen molar-refractivity contribution in [2.45, 2.75) is 44.6 Å². The van der Waals surface area contributed by atoms with Gasteiger partial charge in [0.1, 0.15) is 0 Å². The number of rotatable bonds is 6. The van der Waals surface area contributed by atoms with Crippen molar-refractivity contribution in [3.63, 3.8) is 0 Å². The highest BCUT2D eigenvalue weighted by Gasteiger charge is 2.48. The van der Waals surface area contributed by atoms with Crippen LogP contribution in [0.4, 0.5) is 0 Å². The second kappa shape index (κ2) is 11.7. The molecule has 39 heavy (non-hydrogen) atoms. The number of benzene rings is 2. The van der Waals surface area contributed by atoms with Crippen molar-refractivity contribution in [3.8, 4) is 0 Å². The van der Waals surface area contributed by atoms with Crippen molar-refractivity contribution in [2.24, 2.45) is 17.3 Å². The maximum atomic E-state index is 13.6. The zero-order valence-corrected chi connectivity index (χ0v) is 24.4. The van der Waals surface area contributed by atoms with Gasteiger partial charge >= 0.3 is 0 Å². The van der Waals surface area contributed by atoms with Gasteiger partial charge in [-0.2, -0.15) is 0 Å². The Morgan fingerprint density at radius 1 is 0.923 bits per heavy atom. The van der Waals surface area contributed by atoms with Crippen LogP contribution in [0.15, 0.2) is 59.1 Å². The number of hydrogen-bond donors (Lipinski definition) is 0. The Labute approximate surface area is 240 Å². The molecule has 7 heteroatoms. The molecule has 208 valence electrons. The molecular formula is C32H40BrN3O3. The van der Waals surface area contributed by atoms with Crippen LogP contribution in [-0.4, -0.2) is 79.0 Å². The molecule has 4 heterocycles. The van der Waals surface area contributed by atoms with E-state index in [9.17, 15) is 9.59 Å². The van der Waals surface area contributed by atoms with Crippen LogP contribution in [0.25, 0.3) is 0 Å². The van der Waals surface area contributed by atoms with Crippen molar-refractivity contribution in [1.29, 1.82) is 0 Å². The number of amides is 2. The monoisotopic (exact) mass is 593 g/mol. The third kappa shape index (κ3) is 5.82. The van der Waals surface area contributed by atoms with Crippen LogP contribution in [0, 0.1) is 17.3 Å². The normalized spacial score (nSPS) is 26.0. The number of carbonyl (C=O) groups is 2. The quantitative estimate of drug-likeness (QED) is 0.476. The minimum absolute atomic E-state index is 0.109. The molecular weight excluding hydrogens is 554 g/mol. The second-order valence-electron chi connectivity index (χ2n) is 12.1. The summed E-state index contributed by atoms with van der Waals surface area (Å²) in [5.41, 5.74) is 2.34. The number of nitrogens with zero attached hydrogens (tertiary/aromatic N) is 3. The van der Waals surface area contributed by atoms with E-state index >= 15 is 0 Å². The van der Waals surface area contributed by atoms with E-state index in [-0.39, 0.29) is 11.3 Å². The smallest absolute Gasteiger partial charge is 0.229 e. The summed E-state index contributed by atoms with van der Waals surface area (Å²) in [6.07, 6.45) is 4.54. The first kappa shape index (κ1) is 27.0. The molecule has 6 rings (SSSR count). The van der Waals surface area contributed by atoms with Gasteiger partial charge in [0.25, 0.3) is 0 Å². The summed E-state index contributed by atoms with van der Waals surface area (Å²) in [5.74, 6) is 1.55. The molecule has 0 radical (unpaired) electrons. The first-order valence-corrected chi connectivity index (χ1v) is 15.5. The average molecular weight is 595 g/mol. The second-order valence-corrected chi connectivity index (χ2v) is 13.0. The van der Waals surface area contributed by atoms with E-state index in [1.165, 1.54) is 11.1 Å². The number of piperidine rings is 1. The first-order valence-electron chi connectivity index (χ1n) is 14.7. The van der Waals surface area contributed by atoms with Crippen LogP contribution in [0.3, 0.4) is 0 Å². The molecule has 4 aliphatic rings. The summed E-state index contributed by atoms with van der Waals surface area (Å²) >= 11 is 3.50. The zero-order chi connectivity index (χ0) is 26.8. The van der Waals surface area contributed by atoms with Gasteiger partial charge in [-0.3, -0.25) is 9.59 Å². The first-order chi connectivity index (χ1) is 19.0. The van der Waals surface area contributed by atoms with Gasteiger partial charge in [-0.25, -0.2) is 0 Å². The SMILES string of the molecule is O=C(C1CCOCC1)N1C[C@H](CN2CCC3(CC2)CCN(Cc2ccc(Br)cc2)C3=O)[C@@H](c2ccccc2)C1. The van der Waals surface area contributed by atoms with Crippen LogP contribution >= 0.6 is 15.9 Å². The lowest BCUT2D eigenvalue weighted by Crippen LogP contribution is -2.46. The van der Waals surface area contributed by atoms with Gasteiger partial charge in [0.05, 0.1) is 5.41 Å². The summed E-state index contributed by atoms with van der Waals surface area (Å²) < 4.78 is 6.57. The van der Waals surface area contributed by atoms with Crippen LogP contribution < -0.4 is 0 Å². The molecule has 6 nitrogen and oxygen atoms in total. The fourth-order valence-corrected chi connectivity index (χ4v) is 7.59. The molecule has 0 unspecified atom stereocenters. The molecule has 0 aliphatic carbocycles. The predicted molar refractivity (Wildman–Crippen MR) is 155 cm³/mol. The molecule has 0 saturated carbocycles. The third-order valence-corrected chi connectivity index (χ3v) is 10.3. The highest BCUT2D eigenvalue weighted by atomic mass is 79.9. The average Bonchev–Trinajstić information content (AvgIpc) is 3.53. The predicted octanol–water partition coefficient (Wildman–Crippen LogP) is 4.93. The van der Waals surface area contributed by atoms with Gasteiger partial charge in [-0.05, 0) is 74.4 Å². The number of likely N-dealkylation sites (tertiary alicyclic amines) is 3. The van der Waals surface area contributed by atoms with E-state index in [1.54, 1.807) is 0 Å². The molecule has 4 fully saturated rings. The standard InChI is InChI=1S/C32H40BrN3O3/c33-28-8-6-24(7-9-28)20-35-17-14-32(31(35)38)12-15-34(16-13-32)21-27-22-36(30(37)26-10-18-39-19-11-26)23-29(27)25-4-2-1-3-5-25/h1-9,26-27,29H,10-23H2/t27-,29+/m0/s1. The lowest BCUT2D eigenvalue weighted by molar-refractivity contribution is -0.139. The van der Waals surface area contributed by atoms with Crippen LogP contribution in [0.2, 0.25) is 0 Å². The molecule has 2 atom stereocenters. The molecule has 0 N–H and O–H groups in total. The minimum Gasteiger partial charge on any atom is -0.381 e. The molecule has 4 aliphatic heterocycles. The van der Waals surface area contributed by atoms with Gasteiger partial charge in [0, 0.05) is 62.2 Å². The van der Waals surface area contributed by atoms with Crippen molar-refractivity contribution in [3.05, 3.63) is 70.2 Å². The molecule has 2 aromatic rings. The van der Waals surface area contributed by atoms with Crippen molar-refractivity contribution in [1.82, 2.24) is 14.7 Å². The summed E-state index contributed by atoms with van der Waals surface area (Å²) in [7, 11) is 0. The van der Waals surface area contributed by atoms with Crippen molar-refractivity contribution < 1.29 is 14.3 Å². The van der Waals surface area contributed by atoms with E-state index in [0.29, 0.717) is 43.4 Å². The Balaban J connectivity index is 1.08. The largest absolute Gasteiger partial charge is 0.381 e. The highest BCUT2D eigenvalue weighted by Crippen LogP contribution is 2.43. The number of ether oxygens (including phenoxy) is 1. The summed E-state index contributed by atoms with van der Waals surface area (Å²) in [6, 6.07) is 19.1. The lowest BCUT2D eigenvalue weighted by atomic mass is 9.76. The van der Waals surface area contributed by atoms with Crippen LogP contribution in [0.1, 0.15) is 49.1 Å². The van der Waals surface area contributed by atoms with Gasteiger partial charge < -0.3 is 19.4 Å². The zero-order valence-electron chi connectivity index (χ0n) is 22.8. The maximum absolute atomic E-state index is 13.6. The van der Waals surface area contributed by atoms with E-state index in [0.717, 1.165) is 75.8 Å². The topological polar surface area (TPSA) is 53.1 Å². The van der Waals surface area contributed by atoms with Crippen LogP contribution in [0.5, 0.6) is 0 Å². The van der Waals surface area contributed by atoms with E-state index in [2.05, 4.69) is 73.1 Å². The van der Waals surface area contributed by atoms with Gasteiger partial charge in [0.2, 0.25) is 11.8 Å². The number of halogens is 1. The fourth-order valence-electron chi connectivity index (χ4n) is 7.33. The molecule has 1 spiro atoms. The van der Waals surface area contributed by atoms with Crippen molar-refractivity contribution >= 4 is 27.7 Å². The van der Waals surface area contributed by atoms with Gasteiger partial charge in [-0.1, -0.05) is 58.4 Å². The molecule has 0 aromatic heterocycles. The van der Waals surface area contributed by atoms with Crippen LogP contribution in [-0.2, 0) is 20.9 Å². The number of carbonyl (C=O) groups excluding carboxylic acids is 2. The highest BCUT2D eigenvalue weighted by molar-refractivity contribution is 9.10. The summed E-state index contributed by atoms with van der Waals surface area (Å²) in [5, 5.41) is 0. The van der Waals surface area contributed by atoms with Crippen molar-refractivity contribution in [2.75, 3.05) is 52.5 Å².